The van der Waals surface area contributed by atoms with E-state index in [1.807, 2.05) is 37.3 Å². The number of rotatable bonds is 9. The van der Waals surface area contributed by atoms with Crippen LogP contribution >= 0.6 is 15.9 Å². The third-order valence-electron chi connectivity index (χ3n) is 4.76. The van der Waals surface area contributed by atoms with Crippen LogP contribution in [0.4, 0.5) is 11.4 Å². The number of amides is 2. The lowest BCUT2D eigenvalue weighted by Crippen LogP contribution is -2.30. The van der Waals surface area contributed by atoms with Crippen LogP contribution in [-0.2, 0) is 4.74 Å². The van der Waals surface area contributed by atoms with E-state index in [0.29, 0.717) is 46.8 Å². The number of ether oxygens (including phenoxy) is 2. The number of nitrogens with one attached hydrogen (secondary N) is 1. The van der Waals surface area contributed by atoms with Crippen molar-refractivity contribution in [3.8, 4) is 5.75 Å². The van der Waals surface area contributed by atoms with Crippen molar-refractivity contribution in [3.05, 3.63) is 88.4 Å². The molecule has 0 heterocycles. The van der Waals surface area contributed by atoms with Gasteiger partial charge >= 0.3 is 0 Å². The highest BCUT2D eigenvalue weighted by atomic mass is 79.9. The van der Waals surface area contributed by atoms with Gasteiger partial charge < -0.3 is 19.7 Å². The second-order valence-electron chi connectivity index (χ2n) is 6.90. The molecule has 0 aliphatic carbocycles. The SMILES string of the molecule is CCN(C(=O)c1ccc(NC(=O)c2ccc(OCCOC)c(Br)c2)cc1)c1ccccc1. The number of nitrogens with zero attached hydrogens (tertiary/aromatic N) is 1. The Bertz CT molecular complexity index is 1060. The summed E-state index contributed by atoms with van der Waals surface area (Å²) >= 11 is 3.43. The topological polar surface area (TPSA) is 67.9 Å². The van der Waals surface area contributed by atoms with E-state index < -0.39 is 0 Å². The molecule has 0 fully saturated rings. The molecule has 166 valence electrons. The fourth-order valence-electron chi connectivity index (χ4n) is 3.10. The highest BCUT2D eigenvalue weighted by Crippen LogP contribution is 2.26. The van der Waals surface area contributed by atoms with Crippen molar-refractivity contribution < 1.29 is 19.1 Å². The van der Waals surface area contributed by atoms with Gasteiger partial charge in [-0.25, -0.2) is 0 Å². The maximum absolute atomic E-state index is 12.9. The molecular formula is C25H25BrN2O4. The molecule has 0 atom stereocenters. The number of anilines is 2. The molecule has 0 unspecified atom stereocenters. The van der Waals surface area contributed by atoms with Gasteiger partial charge in [-0.05, 0) is 77.5 Å². The van der Waals surface area contributed by atoms with Crippen LogP contribution in [0.5, 0.6) is 5.75 Å². The van der Waals surface area contributed by atoms with Gasteiger partial charge in [0.25, 0.3) is 11.8 Å². The predicted octanol–water partition coefficient (Wildman–Crippen LogP) is 5.39. The molecule has 2 amide bonds. The summed E-state index contributed by atoms with van der Waals surface area (Å²) in [5.74, 6) is 0.289. The zero-order valence-electron chi connectivity index (χ0n) is 18.0. The minimum absolute atomic E-state index is 0.0930. The van der Waals surface area contributed by atoms with Crippen molar-refractivity contribution in [1.82, 2.24) is 0 Å². The molecule has 3 aromatic rings. The summed E-state index contributed by atoms with van der Waals surface area (Å²) in [4.78, 5) is 27.2. The Morgan fingerprint density at radius 1 is 0.938 bits per heavy atom. The molecule has 3 aromatic carbocycles. The van der Waals surface area contributed by atoms with E-state index in [1.54, 1.807) is 54.5 Å². The molecule has 0 radical (unpaired) electrons. The molecule has 0 spiro atoms. The number of methoxy groups -OCH3 is 1. The summed E-state index contributed by atoms with van der Waals surface area (Å²) in [5, 5.41) is 2.85. The van der Waals surface area contributed by atoms with Crippen LogP contribution in [0.2, 0.25) is 0 Å². The van der Waals surface area contributed by atoms with Crippen LogP contribution < -0.4 is 15.0 Å². The molecule has 0 saturated carbocycles. The molecule has 0 saturated heterocycles. The number of hydrogen-bond acceptors (Lipinski definition) is 4. The largest absolute Gasteiger partial charge is 0.490 e. The van der Waals surface area contributed by atoms with Crippen LogP contribution in [0, 0.1) is 0 Å². The minimum Gasteiger partial charge on any atom is -0.490 e. The van der Waals surface area contributed by atoms with E-state index in [0.717, 1.165) is 5.69 Å². The third-order valence-corrected chi connectivity index (χ3v) is 5.38. The van der Waals surface area contributed by atoms with Crippen LogP contribution in [0.1, 0.15) is 27.6 Å². The molecule has 32 heavy (non-hydrogen) atoms. The molecular weight excluding hydrogens is 472 g/mol. The van der Waals surface area contributed by atoms with Gasteiger partial charge in [-0.3, -0.25) is 9.59 Å². The van der Waals surface area contributed by atoms with Crippen LogP contribution in [0.15, 0.2) is 77.3 Å². The molecule has 1 N–H and O–H groups in total. The zero-order valence-corrected chi connectivity index (χ0v) is 19.6. The number of benzene rings is 3. The maximum atomic E-state index is 12.9. The first-order valence-corrected chi connectivity index (χ1v) is 11.0. The summed E-state index contributed by atoms with van der Waals surface area (Å²) in [6.07, 6.45) is 0. The predicted molar refractivity (Wildman–Crippen MR) is 130 cm³/mol. The number of hydrogen-bond donors (Lipinski definition) is 1. The first kappa shape index (κ1) is 23.5. The van der Waals surface area contributed by atoms with Crippen LogP contribution in [0.25, 0.3) is 0 Å². The summed E-state index contributed by atoms with van der Waals surface area (Å²) in [7, 11) is 1.61. The second-order valence-corrected chi connectivity index (χ2v) is 7.76. The lowest BCUT2D eigenvalue weighted by molar-refractivity contribution is 0.0987. The van der Waals surface area contributed by atoms with Gasteiger partial charge in [-0.1, -0.05) is 18.2 Å². The third kappa shape index (κ3) is 5.96. The van der Waals surface area contributed by atoms with Crippen LogP contribution in [-0.4, -0.2) is 38.7 Å². The normalized spacial score (nSPS) is 10.5. The quantitative estimate of drug-likeness (QED) is 0.403. The average molecular weight is 497 g/mol. The molecule has 0 aliphatic heterocycles. The monoisotopic (exact) mass is 496 g/mol. The van der Waals surface area contributed by atoms with Crippen molar-refractivity contribution in [3.63, 3.8) is 0 Å². The Kier molecular flexibility index (Phi) is 8.41. The fourth-order valence-corrected chi connectivity index (χ4v) is 3.59. The Balaban J connectivity index is 1.65. The van der Waals surface area contributed by atoms with Crippen molar-refractivity contribution >= 4 is 39.1 Å². The number of carbonyl (C=O) groups excluding carboxylic acids is 2. The second kappa shape index (κ2) is 11.5. The van der Waals surface area contributed by atoms with E-state index in [-0.39, 0.29) is 11.8 Å². The standard InChI is InChI=1S/C25H25BrN2O4/c1-3-28(21-7-5-4-6-8-21)25(30)18-9-12-20(13-10-18)27-24(29)19-11-14-23(22(26)17-19)32-16-15-31-2/h4-14,17H,3,15-16H2,1-2H3,(H,27,29). The summed E-state index contributed by atoms with van der Waals surface area (Å²) < 4.78 is 11.2. The molecule has 3 rings (SSSR count). The molecule has 0 aliphatic rings. The van der Waals surface area contributed by atoms with E-state index >= 15 is 0 Å². The lowest BCUT2D eigenvalue weighted by Gasteiger charge is -2.21. The van der Waals surface area contributed by atoms with Crippen molar-refractivity contribution in [2.75, 3.05) is 37.1 Å². The fraction of sp³-hybridized carbons (Fsp3) is 0.200. The van der Waals surface area contributed by atoms with E-state index in [1.165, 1.54) is 0 Å². The lowest BCUT2D eigenvalue weighted by atomic mass is 10.1. The Hall–Kier alpha value is -3.16. The first-order valence-electron chi connectivity index (χ1n) is 10.2. The van der Waals surface area contributed by atoms with Crippen molar-refractivity contribution in [2.24, 2.45) is 0 Å². The average Bonchev–Trinajstić information content (AvgIpc) is 2.82. The molecule has 7 heteroatoms. The highest BCUT2D eigenvalue weighted by molar-refractivity contribution is 9.10. The molecule has 0 bridgehead atoms. The van der Waals surface area contributed by atoms with Gasteiger partial charge in [0.15, 0.2) is 0 Å². The van der Waals surface area contributed by atoms with Gasteiger partial charge in [0, 0.05) is 36.2 Å². The maximum Gasteiger partial charge on any atom is 0.258 e. The smallest absolute Gasteiger partial charge is 0.258 e. The Morgan fingerprint density at radius 3 is 2.25 bits per heavy atom. The van der Waals surface area contributed by atoms with E-state index in [9.17, 15) is 9.59 Å². The Labute approximate surface area is 196 Å². The summed E-state index contributed by atoms with van der Waals surface area (Å²) in [6.45, 7) is 3.40. The van der Waals surface area contributed by atoms with Gasteiger partial charge in [-0.2, -0.15) is 0 Å². The highest BCUT2D eigenvalue weighted by Gasteiger charge is 2.16. The zero-order chi connectivity index (χ0) is 22.9. The van der Waals surface area contributed by atoms with Gasteiger partial charge in [-0.15, -0.1) is 0 Å². The molecule has 6 nitrogen and oxygen atoms in total. The minimum atomic E-state index is -0.257. The van der Waals surface area contributed by atoms with E-state index in [2.05, 4.69) is 21.2 Å². The van der Waals surface area contributed by atoms with Crippen LogP contribution in [0.3, 0.4) is 0 Å². The molecule has 0 aromatic heterocycles. The van der Waals surface area contributed by atoms with Gasteiger partial charge in [0.05, 0.1) is 11.1 Å². The Morgan fingerprint density at radius 2 is 1.62 bits per heavy atom. The van der Waals surface area contributed by atoms with Gasteiger partial charge in [0.1, 0.15) is 12.4 Å². The number of halogens is 1. The number of carbonyl (C=O) groups is 2. The summed E-state index contributed by atoms with van der Waals surface area (Å²) in [5.41, 5.74) is 2.48. The summed E-state index contributed by atoms with van der Waals surface area (Å²) in [6, 6.07) is 21.5. The van der Waals surface area contributed by atoms with E-state index in [4.69, 9.17) is 9.47 Å². The van der Waals surface area contributed by atoms with Crippen molar-refractivity contribution in [1.29, 1.82) is 0 Å². The first-order chi connectivity index (χ1) is 15.5. The number of para-hydroxylation sites is 1. The van der Waals surface area contributed by atoms with Crippen molar-refractivity contribution in [2.45, 2.75) is 6.92 Å². The van der Waals surface area contributed by atoms with Gasteiger partial charge in [0.2, 0.25) is 0 Å².